The van der Waals surface area contributed by atoms with Crippen LogP contribution in [0, 0.1) is 17.1 Å². The van der Waals surface area contributed by atoms with E-state index < -0.39 is 5.91 Å². The van der Waals surface area contributed by atoms with Gasteiger partial charge in [-0.2, -0.15) is 5.26 Å². The van der Waals surface area contributed by atoms with Gasteiger partial charge in [-0.05, 0) is 48.0 Å². The number of halogens is 3. The Morgan fingerprint density at radius 1 is 1.10 bits per heavy atom. The Labute approximate surface area is 183 Å². The van der Waals surface area contributed by atoms with Crippen molar-refractivity contribution in [1.29, 1.82) is 5.26 Å². The number of carbonyl (C=O) groups excluding carboxylic acids is 1. The minimum atomic E-state index is -0.579. The second kappa shape index (κ2) is 9.93. The summed E-state index contributed by atoms with van der Waals surface area (Å²) in [6.07, 6.45) is 1.36. The van der Waals surface area contributed by atoms with Gasteiger partial charge in [-0.25, -0.2) is 4.39 Å². The fourth-order valence-electron chi connectivity index (χ4n) is 2.60. The SMILES string of the molecule is N#C/C(=C\c1cc(Cl)cc(Cl)c1OCc1ccc(F)cc1)C(=O)Nc1ccccc1. The first-order valence-corrected chi connectivity index (χ1v) is 9.56. The topological polar surface area (TPSA) is 62.1 Å². The van der Waals surface area contributed by atoms with Crippen LogP contribution < -0.4 is 10.1 Å². The molecule has 150 valence electrons. The van der Waals surface area contributed by atoms with Gasteiger partial charge in [0.2, 0.25) is 0 Å². The van der Waals surface area contributed by atoms with Gasteiger partial charge in [0.05, 0.1) is 5.02 Å². The number of hydrogen-bond donors (Lipinski definition) is 1. The molecule has 0 aliphatic carbocycles. The monoisotopic (exact) mass is 440 g/mol. The fraction of sp³-hybridized carbons (Fsp3) is 0.0435. The van der Waals surface area contributed by atoms with Crippen molar-refractivity contribution >= 4 is 40.9 Å². The van der Waals surface area contributed by atoms with E-state index in [0.29, 0.717) is 16.3 Å². The maximum absolute atomic E-state index is 13.1. The zero-order valence-corrected chi connectivity index (χ0v) is 17.0. The minimum Gasteiger partial charge on any atom is -0.487 e. The molecule has 0 heterocycles. The summed E-state index contributed by atoms with van der Waals surface area (Å²) < 4.78 is 18.9. The number of carbonyl (C=O) groups is 1. The molecule has 30 heavy (non-hydrogen) atoms. The molecule has 1 N–H and O–H groups in total. The van der Waals surface area contributed by atoms with Gasteiger partial charge in [-0.1, -0.05) is 53.5 Å². The summed E-state index contributed by atoms with van der Waals surface area (Å²) in [5.74, 6) is -0.676. The van der Waals surface area contributed by atoms with Crippen LogP contribution in [0.25, 0.3) is 6.08 Å². The van der Waals surface area contributed by atoms with E-state index in [1.54, 1.807) is 42.5 Å². The van der Waals surface area contributed by atoms with E-state index in [0.717, 1.165) is 5.56 Å². The first-order chi connectivity index (χ1) is 14.5. The van der Waals surface area contributed by atoms with Gasteiger partial charge in [0.1, 0.15) is 29.8 Å². The maximum atomic E-state index is 13.1. The molecule has 7 heteroatoms. The van der Waals surface area contributed by atoms with E-state index in [1.807, 2.05) is 12.1 Å². The van der Waals surface area contributed by atoms with E-state index in [1.165, 1.54) is 24.3 Å². The van der Waals surface area contributed by atoms with Gasteiger partial charge in [0, 0.05) is 16.3 Å². The standard InChI is InChI=1S/C23H15Cl2FN2O2/c24-18-11-16(10-17(13-27)23(29)28-20-4-2-1-3-5-20)22(21(25)12-18)30-14-15-6-8-19(26)9-7-15/h1-12H,14H2,(H,28,29)/b17-10+. The van der Waals surface area contributed by atoms with Crippen LogP contribution in [0.2, 0.25) is 10.0 Å². The maximum Gasteiger partial charge on any atom is 0.266 e. The van der Waals surface area contributed by atoms with Gasteiger partial charge < -0.3 is 10.1 Å². The van der Waals surface area contributed by atoms with Crippen LogP contribution >= 0.6 is 23.2 Å². The van der Waals surface area contributed by atoms with Crippen LogP contribution in [0.1, 0.15) is 11.1 Å². The molecule has 1 amide bonds. The second-order valence-electron chi connectivity index (χ2n) is 6.21. The van der Waals surface area contributed by atoms with Crippen LogP contribution in [0.3, 0.4) is 0 Å². The minimum absolute atomic E-state index is 0.112. The smallest absolute Gasteiger partial charge is 0.266 e. The molecule has 0 radical (unpaired) electrons. The first kappa shape index (κ1) is 21.4. The highest BCUT2D eigenvalue weighted by atomic mass is 35.5. The molecule has 4 nitrogen and oxygen atoms in total. The third-order valence-electron chi connectivity index (χ3n) is 4.03. The molecular weight excluding hydrogens is 426 g/mol. The van der Waals surface area contributed by atoms with Crippen molar-refractivity contribution in [2.45, 2.75) is 6.61 Å². The predicted octanol–water partition coefficient (Wildman–Crippen LogP) is 6.26. The Bertz CT molecular complexity index is 1120. The van der Waals surface area contributed by atoms with E-state index in [2.05, 4.69) is 5.32 Å². The molecule has 0 fully saturated rings. The molecule has 0 saturated heterocycles. The summed E-state index contributed by atoms with van der Waals surface area (Å²) >= 11 is 12.4. The predicted molar refractivity (Wildman–Crippen MR) is 116 cm³/mol. The number of rotatable bonds is 6. The lowest BCUT2D eigenvalue weighted by Gasteiger charge is -2.13. The number of ether oxygens (including phenoxy) is 1. The largest absolute Gasteiger partial charge is 0.487 e. The fourth-order valence-corrected chi connectivity index (χ4v) is 3.16. The molecule has 0 aliphatic rings. The van der Waals surface area contributed by atoms with Crippen molar-refractivity contribution in [3.63, 3.8) is 0 Å². The number of para-hydroxylation sites is 1. The van der Waals surface area contributed by atoms with Gasteiger partial charge in [0.15, 0.2) is 0 Å². The third kappa shape index (κ3) is 5.60. The lowest BCUT2D eigenvalue weighted by atomic mass is 10.1. The highest BCUT2D eigenvalue weighted by Gasteiger charge is 2.15. The highest BCUT2D eigenvalue weighted by molar-refractivity contribution is 6.36. The summed E-state index contributed by atoms with van der Waals surface area (Å²) in [4.78, 5) is 12.5. The molecule has 0 unspecified atom stereocenters. The van der Waals surface area contributed by atoms with Crippen LogP contribution in [-0.2, 0) is 11.4 Å². The number of nitriles is 1. The highest BCUT2D eigenvalue weighted by Crippen LogP contribution is 2.34. The van der Waals surface area contributed by atoms with Gasteiger partial charge >= 0.3 is 0 Å². The van der Waals surface area contributed by atoms with Crippen LogP contribution in [0.4, 0.5) is 10.1 Å². The Morgan fingerprint density at radius 2 is 1.80 bits per heavy atom. The van der Waals surface area contributed by atoms with E-state index in [9.17, 15) is 14.4 Å². The molecule has 3 aromatic rings. The second-order valence-corrected chi connectivity index (χ2v) is 7.05. The number of nitrogens with one attached hydrogen (secondary N) is 1. The Kier molecular flexibility index (Phi) is 7.08. The van der Waals surface area contributed by atoms with E-state index in [4.69, 9.17) is 27.9 Å². The first-order valence-electron chi connectivity index (χ1n) is 8.81. The number of hydrogen-bond acceptors (Lipinski definition) is 3. The number of benzene rings is 3. The molecule has 0 bridgehead atoms. The molecule has 0 spiro atoms. The van der Waals surface area contributed by atoms with E-state index in [-0.39, 0.29) is 28.8 Å². The molecule has 0 saturated carbocycles. The van der Waals surface area contributed by atoms with Crippen molar-refractivity contribution in [3.8, 4) is 11.8 Å². The van der Waals surface area contributed by atoms with Crippen molar-refractivity contribution < 1.29 is 13.9 Å². The van der Waals surface area contributed by atoms with Crippen LogP contribution in [0.15, 0.2) is 72.3 Å². The third-order valence-corrected chi connectivity index (χ3v) is 4.53. The van der Waals surface area contributed by atoms with E-state index >= 15 is 0 Å². The zero-order valence-electron chi connectivity index (χ0n) is 15.5. The summed E-state index contributed by atoms with van der Waals surface area (Å²) in [6.45, 7) is 0.112. The molecule has 0 aliphatic heterocycles. The lowest BCUT2D eigenvalue weighted by molar-refractivity contribution is -0.112. The summed E-state index contributed by atoms with van der Waals surface area (Å²) in [6, 6.07) is 19.5. The Balaban J connectivity index is 1.88. The molecule has 0 atom stereocenters. The molecule has 3 aromatic carbocycles. The lowest BCUT2D eigenvalue weighted by Crippen LogP contribution is -2.13. The normalized spacial score (nSPS) is 10.9. The zero-order chi connectivity index (χ0) is 21.5. The average Bonchev–Trinajstić information content (AvgIpc) is 2.73. The summed E-state index contributed by atoms with van der Waals surface area (Å²) in [5, 5.41) is 12.7. The molecular formula is C23H15Cl2FN2O2. The van der Waals surface area contributed by atoms with Crippen molar-refractivity contribution in [2.24, 2.45) is 0 Å². The number of anilines is 1. The summed E-state index contributed by atoms with van der Waals surface area (Å²) in [7, 11) is 0. The van der Waals surface area contributed by atoms with Crippen LogP contribution in [-0.4, -0.2) is 5.91 Å². The Hall–Kier alpha value is -3.33. The number of amides is 1. The average molecular weight is 441 g/mol. The molecule has 0 aromatic heterocycles. The quantitative estimate of drug-likeness (QED) is 0.363. The summed E-state index contributed by atoms with van der Waals surface area (Å²) in [5.41, 5.74) is 1.50. The van der Waals surface area contributed by atoms with Crippen LogP contribution in [0.5, 0.6) is 5.75 Å². The Morgan fingerprint density at radius 3 is 2.47 bits per heavy atom. The van der Waals surface area contributed by atoms with Crippen molar-refractivity contribution in [3.05, 3.63) is 99.3 Å². The van der Waals surface area contributed by atoms with Crippen molar-refractivity contribution in [2.75, 3.05) is 5.32 Å². The van der Waals surface area contributed by atoms with Crippen molar-refractivity contribution in [1.82, 2.24) is 0 Å². The van der Waals surface area contributed by atoms with Gasteiger partial charge in [0.25, 0.3) is 5.91 Å². The van der Waals surface area contributed by atoms with Gasteiger partial charge in [-0.3, -0.25) is 4.79 Å². The molecule has 3 rings (SSSR count). The van der Waals surface area contributed by atoms with Gasteiger partial charge in [-0.15, -0.1) is 0 Å². The number of nitrogens with zero attached hydrogens (tertiary/aromatic N) is 1.